The molecule has 0 saturated heterocycles. The Morgan fingerprint density at radius 2 is 1.73 bits per heavy atom. The lowest BCUT2D eigenvalue weighted by Gasteiger charge is -2.17. The van der Waals surface area contributed by atoms with Crippen molar-refractivity contribution in [3.63, 3.8) is 0 Å². The molecule has 2 rings (SSSR count). The minimum absolute atomic E-state index is 0.0550. The van der Waals surface area contributed by atoms with Crippen LogP contribution in [0.4, 0.5) is 5.69 Å². The number of rotatable bonds is 7. The monoisotopic (exact) mass is 377 g/mol. The van der Waals surface area contributed by atoms with Crippen LogP contribution in [0, 0.1) is 13.8 Å². The average Bonchev–Trinajstić information content (AvgIpc) is 2.59. The number of hydrogen-bond acceptors (Lipinski definition) is 3. The van der Waals surface area contributed by atoms with Gasteiger partial charge in [0.2, 0.25) is 0 Å². The molecule has 0 aromatic heterocycles. The van der Waals surface area contributed by atoms with Gasteiger partial charge in [-0.15, -0.1) is 0 Å². The fraction of sp³-hybridized carbons (Fsp3) is 0.350. The molecular weight excluding hydrogens is 352 g/mol. The van der Waals surface area contributed by atoms with Gasteiger partial charge < -0.3 is 19.7 Å². The molecule has 2 N–H and O–H groups in total. The first kappa shape index (κ1) is 20.1. The summed E-state index contributed by atoms with van der Waals surface area (Å²) in [6.07, 6.45) is 0. The molecule has 2 aromatic carbocycles. The summed E-state index contributed by atoms with van der Waals surface area (Å²) < 4.78 is 10.7. The maximum Gasteiger partial charge on any atom is 0.279 e. The summed E-state index contributed by atoms with van der Waals surface area (Å²) in [6, 6.07) is 9.43. The van der Waals surface area contributed by atoms with Gasteiger partial charge in [0.25, 0.3) is 5.91 Å². The molecule has 0 saturated carbocycles. The van der Waals surface area contributed by atoms with Crippen LogP contribution in [0.3, 0.4) is 0 Å². The van der Waals surface area contributed by atoms with Crippen molar-refractivity contribution in [2.24, 2.45) is 0 Å². The molecule has 0 radical (unpaired) electrons. The Balaban J connectivity index is 2.00. The molecule has 26 heavy (non-hydrogen) atoms. The van der Waals surface area contributed by atoms with E-state index in [2.05, 4.69) is 5.32 Å². The summed E-state index contributed by atoms with van der Waals surface area (Å²) in [5.74, 6) is 1.35. The molecule has 6 heteroatoms. The molecule has 0 bridgehead atoms. The van der Waals surface area contributed by atoms with E-state index in [0.29, 0.717) is 35.3 Å². The first-order valence-corrected chi connectivity index (χ1v) is 8.80. The van der Waals surface area contributed by atoms with E-state index < -0.39 is 0 Å². The molecule has 0 aliphatic carbocycles. The Bertz CT molecular complexity index is 793. The number of anilines is 1. The maximum absolute atomic E-state index is 12.3. The fourth-order valence-corrected chi connectivity index (χ4v) is 2.93. The van der Waals surface area contributed by atoms with Crippen LogP contribution in [0.15, 0.2) is 30.3 Å². The van der Waals surface area contributed by atoms with Gasteiger partial charge in [0.15, 0.2) is 18.0 Å². The second kappa shape index (κ2) is 8.92. The van der Waals surface area contributed by atoms with Crippen LogP contribution in [0.25, 0.3) is 0 Å². The number of hydrogen-bond donors (Lipinski definition) is 2. The zero-order valence-corrected chi connectivity index (χ0v) is 16.7. The third kappa shape index (κ3) is 5.13. The number of ether oxygens (including phenoxy) is 2. The Morgan fingerprint density at radius 3 is 2.35 bits per heavy atom. The maximum atomic E-state index is 12.3. The van der Waals surface area contributed by atoms with Gasteiger partial charge in [-0.05, 0) is 49.2 Å². The van der Waals surface area contributed by atoms with E-state index in [-0.39, 0.29) is 5.91 Å². The molecule has 0 aliphatic rings. The molecule has 0 fully saturated rings. The molecule has 1 unspecified atom stereocenters. The van der Waals surface area contributed by atoms with Gasteiger partial charge in [-0.1, -0.05) is 17.7 Å². The molecule has 140 valence electrons. The molecule has 5 nitrogen and oxygen atoms in total. The van der Waals surface area contributed by atoms with E-state index in [1.54, 1.807) is 20.3 Å². The van der Waals surface area contributed by atoms with Crippen molar-refractivity contribution in [1.29, 1.82) is 0 Å². The Morgan fingerprint density at radius 1 is 1.08 bits per heavy atom. The molecule has 0 aliphatic heterocycles. The van der Waals surface area contributed by atoms with Gasteiger partial charge >= 0.3 is 0 Å². The first-order valence-electron chi connectivity index (χ1n) is 8.42. The van der Waals surface area contributed by atoms with Crippen LogP contribution >= 0.6 is 11.6 Å². The number of aryl methyl sites for hydroxylation is 2. The predicted octanol–water partition coefficient (Wildman–Crippen LogP) is 2.63. The lowest BCUT2D eigenvalue weighted by molar-refractivity contribution is -0.885. The zero-order chi connectivity index (χ0) is 19.3. The Kier molecular flexibility index (Phi) is 6.89. The zero-order valence-electron chi connectivity index (χ0n) is 15.9. The molecule has 1 amide bonds. The summed E-state index contributed by atoms with van der Waals surface area (Å²) >= 11 is 6.10. The minimum atomic E-state index is -0.0550. The van der Waals surface area contributed by atoms with Crippen molar-refractivity contribution in [1.82, 2.24) is 0 Å². The van der Waals surface area contributed by atoms with Crippen LogP contribution in [0.5, 0.6) is 11.5 Å². The van der Waals surface area contributed by atoms with Gasteiger partial charge in [-0.3, -0.25) is 4.79 Å². The number of carbonyl (C=O) groups is 1. The highest BCUT2D eigenvalue weighted by atomic mass is 35.5. The second-order valence-corrected chi connectivity index (χ2v) is 6.86. The van der Waals surface area contributed by atoms with Gasteiger partial charge in [0, 0.05) is 16.3 Å². The summed E-state index contributed by atoms with van der Waals surface area (Å²) in [4.78, 5) is 13.4. The molecule has 0 heterocycles. The van der Waals surface area contributed by atoms with Crippen molar-refractivity contribution >= 4 is 23.2 Å². The van der Waals surface area contributed by atoms with Crippen LogP contribution in [-0.4, -0.2) is 33.7 Å². The van der Waals surface area contributed by atoms with Crippen LogP contribution in [0.1, 0.15) is 16.7 Å². The summed E-state index contributed by atoms with van der Waals surface area (Å²) in [6.45, 7) is 5.00. The number of amides is 1. The smallest absolute Gasteiger partial charge is 0.279 e. The standard InChI is InChI=1S/C20H25ClN2O3/c1-13-6-7-16(10-17(13)21)22-20(24)12-23(3)11-15-9-19(26-5)18(25-4)8-14(15)2/h6-10H,11-12H2,1-5H3,(H,22,24)/p+1. The molecule has 1 atom stereocenters. The Hall–Kier alpha value is -2.24. The van der Waals surface area contributed by atoms with E-state index in [4.69, 9.17) is 21.1 Å². The van der Waals surface area contributed by atoms with Crippen molar-refractivity contribution in [3.8, 4) is 11.5 Å². The number of methoxy groups -OCH3 is 2. The summed E-state index contributed by atoms with van der Waals surface area (Å²) in [5.41, 5.74) is 3.91. The first-order chi connectivity index (χ1) is 12.3. The van der Waals surface area contributed by atoms with Crippen LogP contribution in [-0.2, 0) is 11.3 Å². The number of likely N-dealkylation sites (N-methyl/N-ethyl adjacent to an activating group) is 1. The van der Waals surface area contributed by atoms with Gasteiger partial charge in [0.05, 0.1) is 21.3 Å². The van der Waals surface area contributed by atoms with Crippen molar-refractivity contribution in [2.75, 3.05) is 33.1 Å². The van der Waals surface area contributed by atoms with E-state index in [0.717, 1.165) is 21.6 Å². The van der Waals surface area contributed by atoms with Gasteiger partial charge in [0.1, 0.15) is 6.54 Å². The minimum Gasteiger partial charge on any atom is -0.493 e. The normalized spacial score (nSPS) is 11.8. The van der Waals surface area contributed by atoms with Gasteiger partial charge in [-0.25, -0.2) is 0 Å². The average molecular weight is 378 g/mol. The Labute approximate surface area is 159 Å². The van der Waals surface area contributed by atoms with Crippen LogP contribution < -0.4 is 19.7 Å². The van der Waals surface area contributed by atoms with Crippen LogP contribution in [0.2, 0.25) is 5.02 Å². The largest absolute Gasteiger partial charge is 0.493 e. The summed E-state index contributed by atoms with van der Waals surface area (Å²) in [5, 5.41) is 3.54. The SMILES string of the molecule is COc1cc(C)c(C[NH+](C)CC(=O)Nc2ccc(C)c(Cl)c2)cc1OC. The lowest BCUT2D eigenvalue weighted by atomic mass is 10.1. The lowest BCUT2D eigenvalue weighted by Crippen LogP contribution is -3.08. The highest BCUT2D eigenvalue weighted by Crippen LogP contribution is 2.29. The van der Waals surface area contributed by atoms with Crippen molar-refractivity contribution < 1.29 is 19.2 Å². The van der Waals surface area contributed by atoms with E-state index in [9.17, 15) is 4.79 Å². The number of carbonyl (C=O) groups excluding carboxylic acids is 1. The highest BCUT2D eigenvalue weighted by Gasteiger charge is 2.15. The summed E-state index contributed by atoms with van der Waals surface area (Å²) in [7, 11) is 5.22. The van der Waals surface area contributed by atoms with Crippen molar-refractivity contribution in [3.05, 3.63) is 52.0 Å². The fourth-order valence-electron chi connectivity index (χ4n) is 2.75. The quantitative estimate of drug-likeness (QED) is 0.780. The molecule has 2 aromatic rings. The van der Waals surface area contributed by atoms with E-state index >= 15 is 0 Å². The third-order valence-corrected chi connectivity index (χ3v) is 4.66. The van der Waals surface area contributed by atoms with Crippen molar-refractivity contribution in [2.45, 2.75) is 20.4 Å². The predicted molar refractivity (Wildman–Crippen MR) is 105 cm³/mol. The van der Waals surface area contributed by atoms with Gasteiger partial charge in [-0.2, -0.15) is 0 Å². The topological polar surface area (TPSA) is 52.0 Å². The highest BCUT2D eigenvalue weighted by molar-refractivity contribution is 6.31. The third-order valence-electron chi connectivity index (χ3n) is 4.25. The van der Waals surface area contributed by atoms with E-state index in [1.807, 2.05) is 45.2 Å². The second-order valence-electron chi connectivity index (χ2n) is 6.46. The van der Waals surface area contributed by atoms with E-state index in [1.165, 1.54) is 0 Å². The molecular formula is C20H26ClN2O3+. The number of quaternary nitrogens is 1. The number of halogens is 1. The number of nitrogens with one attached hydrogen (secondary N) is 2. The number of benzene rings is 2. The molecule has 0 spiro atoms.